The van der Waals surface area contributed by atoms with Gasteiger partial charge in [-0.3, -0.25) is 4.79 Å². The summed E-state index contributed by atoms with van der Waals surface area (Å²) in [7, 11) is 3.61. The van der Waals surface area contributed by atoms with Crippen LogP contribution in [0.3, 0.4) is 0 Å². The summed E-state index contributed by atoms with van der Waals surface area (Å²) in [6.07, 6.45) is 0. The fourth-order valence-corrected chi connectivity index (χ4v) is 2.52. The van der Waals surface area contributed by atoms with Crippen molar-refractivity contribution in [3.63, 3.8) is 0 Å². The number of fused-ring (bicyclic) bond motifs is 1. The van der Waals surface area contributed by atoms with E-state index in [0.29, 0.717) is 0 Å². The lowest BCUT2D eigenvalue weighted by molar-refractivity contribution is -0.148. The standard InChI is InChI=1S/C14H19NO3/c1-14(2,13(16)17)11-8-15(3)12-6-5-9(18-4)7-10(11)12/h5-7,11H,8H2,1-4H3,(H,16,17). The molecule has 1 atom stereocenters. The van der Waals surface area contributed by atoms with Crippen LogP contribution in [0, 0.1) is 5.41 Å². The van der Waals surface area contributed by atoms with Crippen LogP contribution < -0.4 is 9.64 Å². The number of carbonyl (C=O) groups is 1. The lowest BCUT2D eigenvalue weighted by atomic mass is 9.76. The van der Waals surface area contributed by atoms with Crippen molar-refractivity contribution in [2.24, 2.45) is 5.41 Å². The number of rotatable bonds is 3. The van der Waals surface area contributed by atoms with Crippen molar-refractivity contribution in [3.8, 4) is 5.75 Å². The highest BCUT2D eigenvalue weighted by Crippen LogP contribution is 2.46. The van der Waals surface area contributed by atoms with Crippen molar-refractivity contribution in [2.45, 2.75) is 19.8 Å². The quantitative estimate of drug-likeness (QED) is 0.893. The van der Waals surface area contributed by atoms with Crippen molar-refractivity contribution in [2.75, 3.05) is 25.6 Å². The molecule has 98 valence electrons. The molecule has 0 bridgehead atoms. The normalized spacial score (nSPS) is 18.7. The Hall–Kier alpha value is -1.71. The molecule has 1 aliphatic rings. The first-order valence-electron chi connectivity index (χ1n) is 6.00. The van der Waals surface area contributed by atoms with E-state index in [1.54, 1.807) is 21.0 Å². The van der Waals surface area contributed by atoms with Crippen LogP contribution in [0.4, 0.5) is 5.69 Å². The van der Waals surface area contributed by atoms with Crippen molar-refractivity contribution in [1.29, 1.82) is 0 Å². The smallest absolute Gasteiger partial charge is 0.309 e. The highest BCUT2D eigenvalue weighted by molar-refractivity contribution is 5.77. The average molecular weight is 249 g/mol. The Balaban J connectivity index is 2.48. The van der Waals surface area contributed by atoms with Gasteiger partial charge in [-0.15, -0.1) is 0 Å². The predicted octanol–water partition coefficient (Wildman–Crippen LogP) is 2.34. The van der Waals surface area contributed by atoms with E-state index in [4.69, 9.17) is 4.74 Å². The molecule has 0 spiro atoms. The fraction of sp³-hybridized carbons (Fsp3) is 0.500. The van der Waals surface area contributed by atoms with Crippen LogP contribution in [-0.2, 0) is 4.79 Å². The zero-order valence-electron chi connectivity index (χ0n) is 11.2. The Bertz CT molecular complexity index is 482. The molecule has 0 fully saturated rings. The van der Waals surface area contributed by atoms with Crippen molar-refractivity contribution in [3.05, 3.63) is 23.8 Å². The molecule has 1 aliphatic heterocycles. The van der Waals surface area contributed by atoms with E-state index in [1.807, 2.05) is 25.2 Å². The number of anilines is 1. The second-order valence-electron chi connectivity index (χ2n) is 5.38. The summed E-state index contributed by atoms with van der Waals surface area (Å²) in [4.78, 5) is 13.5. The van der Waals surface area contributed by atoms with Gasteiger partial charge >= 0.3 is 5.97 Å². The minimum atomic E-state index is -0.786. The van der Waals surface area contributed by atoms with Crippen LogP contribution in [0.5, 0.6) is 5.75 Å². The molecule has 1 aromatic carbocycles. The summed E-state index contributed by atoms with van der Waals surface area (Å²) >= 11 is 0. The van der Waals surface area contributed by atoms with E-state index in [9.17, 15) is 9.90 Å². The highest BCUT2D eigenvalue weighted by atomic mass is 16.5. The van der Waals surface area contributed by atoms with Crippen molar-refractivity contribution >= 4 is 11.7 Å². The molecule has 4 nitrogen and oxygen atoms in total. The monoisotopic (exact) mass is 249 g/mol. The maximum absolute atomic E-state index is 11.4. The van der Waals surface area contributed by atoms with Gasteiger partial charge in [-0.2, -0.15) is 0 Å². The molecule has 0 saturated heterocycles. The van der Waals surface area contributed by atoms with Crippen LogP contribution in [-0.4, -0.2) is 31.8 Å². The zero-order chi connectivity index (χ0) is 13.5. The average Bonchev–Trinajstić information content (AvgIpc) is 2.66. The Labute approximate surface area is 107 Å². The Kier molecular flexibility index (Phi) is 2.97. The first kappa shape index (κ1) is 12.7. The van der Waals surface area contributed by atoms with Gasteiger partial charge in [0.15, 0.2) is 0 Å². The molecule has 0 amide bonds. The van der Waals surface area contributed by atoms with Gasteiger partial charge in [0.05, 0.1) is 12.5 Å². The minimum absolute atomic E-state index is 0.0231. The molecule has 2 rings (SSSR count). The lowest BCUT2D eigenvalue weighted by Crippen LogP contribution is -2.33. The first-order chi connectivity index (χ1) is 8.37. The van der Waals surface area contributed by atoms with Crippen LogP contribution in [0.2, 0.25) is 0 Å². The van der Waals surface area contributed by atoms with E-state index in [2.05, 4.69) is 4.90 Å². The number of methoxy groups -OCH3 is 1. The SMILES string of the molecule is COc1ccc2c(c1)C(C(C)(C)C(=O)O)CN2C. The molecule has 18 heavy (non-hydrogen) atoms. The van der Waals surface area contributed by atoms with E-state index < -0.39 is 11.4 Å². The van der Waals surface area contributed by atoms with Crippen molar-refractivity contribution in [1.82, 2.24) is 0 Å². The van der Waals surface area contributed by atoms with Crippen molar-refractivity contribution < 1.29 is 14.6 Å². The topological polar surface area (TPSA) is 49.8 Å². The second kappa shape index (κ2) is 4.19. The third-order valence-electron chi connectivity index (χ3n) is 3.90. The number of nitrogens with zero attached hydrogens (tertiary/aromatic N) is 1. The van der Waals surface area contributed by atoms with Crippen LogP contribution in [0.1, 0.15) is 25.3 Å². The summed E-state index contributed by atoms with van der Waals surface area (Å²) in [5.74, 6) is -0.0168. The number of ether oxygens (including phenoxy) is 1. The molecular weight excluding hydrogens is 230 g/mol. The first-order valence-corrected chi connectivity index (χ1v) is 6.00. The van der Waals surface area contributed by atoms with Crippen LogP contribution in [0.25, 0.3) is 0 Å². The van der Waals surface area contributed by atoms with Gasteiger partial charge in [0.2, 0.25) is 0 Å². The van der Waals surface area contributed by atoms with Gasteiger partial charge in [-0.1, -0.05) is 0 Å². The van der Waals surface area contributed by atoms with Crippen LogP contribution >= 0.6 is 0 Å². The number of benzene rings is 1. The summed E-state index contributed by atoms with van der Waals surface area (Å²) in [6, 6.07) is 5.85. The van der Waals surface area contributed by atoms with Crippen LogP contribution in [0.15, 0.2) is 18.2 Å². The number of hydrogen-bond donors (Lipinski definition) is 1. The lowest BCUT2D eigenvalue weighted by Gasteiger charge is -2.27. The van der Waals surface area contributed by atoms with E-state index in [-0.39, 0.29) is 5.92 Å². The Morgan fingerprint density at radius 3 is 2.72 bits per heavy atom. The number of likely N-dealkylation sites (N-methyl/N-ethyl adjacent to an activating group) is 1. The minimum Gasteiger partial charge on any atom is -0.497 e. The molecule has 0 saturated carbocycles. The third-order valence-corrected chi connectivity index (χ3v) is 3.90. The van der Waals surface area contributed by atoms with Gasteiger partial charge < -0.3 is 14.7 Å². The fourth-order valence-electron chi connectivity index (χ4n) is 2.52. The summed E-state index contributed by atoms with van der Waals surface area (Å²) < 4.78 is 5.23. The molecular formula is C14H19NO3. The van der Waals surface area contributed by atoms with E-state index >= 15 is 0 Å². The third kappa shape index (κ3) is 1.82. The highest BCUT2D eigenvalue weighted by Gasteiger charge is 2.43. The van der Waals surface area contributed by atoms with E-state index in [1.165, 1.54) is 0 Å². The van der Waals surface area contributed by atoms with Gasteiger partial charge in [-0.25, -0.2) is 0 Å². The molecule has 1 aromatic rings. The molecule has 4 heteroatoms. The Morgan fingerprint density at radius 1 is 1.50 bits per heavy atom. The summed E-state index contributed by atoms with van der Waals surface area (Å²) in [6.45, 7) is 4.28. The van der Waals surface area contributed by atoms with Gasteiger partial charge in [0.1, 0.15) is 5.75 Å². The summed E-state index contributed by atoms with van der Waals surface area (Å²) in [5, 5.41) is 9.39. The summed E-state index contributed by atoms with van der Waals surface area (Å²) in [5.41, 5.74) is 1.37. The molecule has 0 aliphatic carbocycles. The predicted molar refractivity (Wildman–Crippen MR) is 70.4 cm³/mol. The maximum Gasteiger partial charge on any atom is 0.309 e. The molecule has 0 aromatic heterocycles. The zero-order valence-corrected chi connectivity index (χ0v) is 11.2. The number of hydrogen-bond acceptors (Lipinski definition) is 3. The number of carboxylic acid groups (broad SMARTS) is 1. The van der Waals surface area contributed by atoms with E-state index in [0.717, 1.165) is 23.5 Å². The van der Waals surface area contributed by atoms with Gasteiger partial charge in [0, 0.05) is 25.2 Å². The number of aliphatic carboxylic acids is 1. The second-order valence-corrected chi connectivity index (χ2v) is 5.38. The van der Waals surface area contributed by atoms with Gasteiger partial charge in [0.25, 0.3) is 0 Å². The molecule has 1 heterocycles. The maximum atomic E-state index is 11.4. The molecule has 1 N–H and O–H groups in total. The largest absolute Gasteiger partial charge is 0.497 e. The molecule has 1 unspecified atom stereocenters. The van der Waals surface area contributed by atoms with Gasteiger partial charge in [-0.05, 0) is 37.6 Å². The Morgan fingerprint density at radius 2 is 2.17 bits per heavy atom. The number of carboxylic acids is 1. The molecule has 0 radical (unpaired) electrons.